The van der Waals surface area contributed by atoms with Crippen molar-refractivity contribution in [2.45, 2.75) is 65.4 Å². The SMILES string of the molecule is CCCCCCCCc1nnc(NC(=O)c2sc3nc(COC)nc(OC)c3c2C)s1. The van der Waals surface area contributed by atoms with Gasteiger partial charge >= 0.3 is 0 Å². The van der Waals surface area contributed by atoms with Gasteiger partial charge in [0, 0.05) is 13.5 Å². The molecule has 3 aromatic heterocycles. The van der Waals surface area contributed by atoms with Crippen molar-refractivity contribution < 1.29 is 14.3 Å². The minimum Gasteiger partial charge on any atom is -0.480 e. The lowest BCUT2D eigenvalue weighted by Gasteiger charge is -2.04. The van der Waals surface area contributed by atoms with Gasteiger partial charge in [-0.05, 0) is 18.9 Å². The molecule has 0 saturated heterocycles. The van der Waals surface area contributed by atoms with Crippen LogP contribution in [0.3, 0.4) is 0 Å². The topological polar surface area (TPSA) is 99.1 Å². The van der Waals surface area contributed by atoms with Gasteiger partial charge < -0.3 is 9.47 Å². The number of nitrogens with zero attached hydrogens (tertiary/aromatic N) is 4. The predicted molar refractivity (Wildman–Crippen MR) is 124 cm³/mol. The van der Waals surface area contributed by atoms with Crippen LogP contribution < -0.4 is 10.1 Å². The van der Waals surface area contributed by atoms with Crippen LogP contribution in [0.2, 0.25) is 0 Å². The summed E-state index contributed by atoms with van der Waals surface area (Å²) in [7, 11) is 3.14. The number of hydrogen-bond acceptors (Lipinski definition) is 9. The van der Waals surface area contributed by atoms with Crippen molar-refractivity contribution >= 4 is 43.9 Å². The van der Waals surface area contributed by atoms with Crippen LogP contribution in [0.5, 0.6) is 5.88 Å². The molecule has 0 spiro atoms. The lowest BCUT2D eigenvalue weighted by atomic mass is 10.1. The van der Waals surface area contributed by atoms with Crippen molar-refractivity contribution in [1.82, 2.24) is 20.2 Å². The lowest BCUT2D eigenvalue weighted by molar-refractivity contribution is 0.103. The molecule has 0 atom stereocenters. The van der Waals surface area contributed by atoms with Crippen LogP contribution in [0.15, 0.2) is 0 Å². The second kappa shape index (κ2) is 11.4. The molecule has 1 N–H and O–H groups in total. The molecule has 0 aliphatic carbocycles. The highest BCUT2D eigenvalue weighted by molar-refractivity contribution is 7.21. The van der Waals surface area contributed by atoms with Gasteiger partial charge in [0.25, 0.3) is 5.91 Å². The van der Waals surface area contributed by atoms with Crippen LogP contribution in [0.25, 0.3) is 10.2 Å². The van der Waals surface area contributed by atoms with E-state index >= 15 is 0 Å². The van der Waals surface area contributed by atoms with E-state index in [2.05, 4.69) is 32.4 Å². The Morgan fingerprint density at radius 1 is 1.03 bits per heavy atom. The van der Waals surface area contributed by atoms with Crippen LogP contribution >= 0.6 is 22.7 Å². The number of fused-ring (bicyclic) bond motifs is 1. The van der Waals surface area contributed by atoms with Crippen LogP contribution in [-0.2, 0) is 17.8 Å². The molecule has 0 radical (unpaired) electrons. The van der Waals surface area contributed by atoms with E-state index in [1.807, 2.05) is 6.92 Å². The summed E-state index contributed by atoms with van der Waals surface area (Å²) < 4.78 is 10.6. The Kier molecular flexibility index (Phi) is 8.68. The van der Waals surface area contributed by atoms with E-state index in [1.54, 1.807) is 14.2 Å². The van der Waals surface area contributed by atoms with E-state index in [1.165, 1.54) is 54.8 Å². The third-order valence-corrected chi connectivity index (χ3v) is 6.99. The average molecular weight is 464 g/mol. The number of nitrogens with one attached hydrogen (secondary N) is 1. The summed E-state index contributed by atoms with van der Waals surface area (Å²) in [5.41, 5.74) is 0.787. The number of amides is 1. The quantitative estimate of drug-likeness (QED) is 0.370. The van der Waals surface area contributed by atoms with Gasteiger partial charge in [0.2, 0.25) is 11.0 Å². The minimum absolute atomic E-state index is 0.224. The molecule has 8 nitrogen and oxygen atoms in total. The highest BCUT2D eigenvalue weighted by Gasteiger charge is 2.22. The number of methoxy groups -OCH3 is 2. The fourth-order valence-corrected chi connectivity index (χ4v) is 5.18. The van der Waals surface area contributed by atoms with Gasteiger partial charge in [-0.2, -0.15) is 4.98 Å². The summed E-state index contributed by atoms with van der Waals surface area (Å²) in [6, 6.07) is 0. The van der Waals surface area contributed by atoms with Gasteiger partial charge in [-0.15, -0.1) is 21.5 Å². The molecule has 10 heteroatoms. The van der Waals surface area contributed by atoms with E-state index in [0.717, 1.165) is 28.8 Å². The number of ether oxygens (including phenoxy) is 2. The summed E-state index contributed by atoms with van der Waals surface area (Å²) in [4.78, 5) is 23.1. The van der Waals surface area contributed by atoms with Crippen LogP contribution in [-0.4, -0.2) is 40.3 Å². The van der Waals surface area contributed by atoms with Gasteiger partial charge in [0.15, 0.2) is 5.82 Å². The second-order valence-corrected chi connectivity index (χ2v) is 9.35. The maximum absolute atomic E-state index is 12.9. The molecule has 3 heterocycles. The fourth-order valence-electron chi connectivity index (χ4n) is 3.32. The van der Waals surface area contributed by atoms with Crippen molar-refractivity contribution in [3.63, 3.8) is 0 Å². The molecule has 0 saturated carbocycles. The number of carbonyl (C=O) groups is 1. The molecule has 0 bridgehead atoms. The summed E-state index contributed by atoms with van der Waals surface area (Å²) in [5, 5.41) is 13.5. The Morgan fingerprint density at radius 3 is 2.55 bits per heavy atom. The van der Waals surface area contributed by atoms with Gasteiger partial charge in [-0.25, -0.2) is 4.98 Å². The highest BCUT2D eigenvalue weighted by Crippen LogP contribution is 2.35. The number of carbonyl (C=O) groups excluding carboxylic acids is 1. The lowest BCUT2D eigenvalue weighted by Crippen LogP contribution is -2.11. The largest absolute Gasteiger partial charge is 0.480 e. The minimum atomic E-state index is -0.224. The van der Waals surface area contributed by atoms with Crippen LogP contribution in [0, 0.1) is 6.92 Å². The van der Waals surface area contributed by atoms with Crippen molar-refractivity contribution in [3.05, 3.63) is 21.3 Å². The van der Waals surface area contributed by atoms with Gasteiger partial charge in [0.05, 0.1) is 17.4 Å². The Labute approximate surface area is 190 Å². The Bertz CT molecular complexity index is 1020. The monoisotopic (exact) mass is 463 g/mol. The Morgan fingerprint density at radius 2 is 1.81 bits per heavy atom. The molecule has 0 fully saturated rings. The fraction of sp³-hybridized carbons (Fsp3) is 0.571. The predicted octanol–water partition coefficient (Wildman–Crippen LogP) is 5.16. The maximum Gasteiger partial charge on any atom is 0.267 e. The summed E-state index contributed by atoms with van der Waals surface area (Å²) in [6.07, 6.45) is 8.32. The molecule has 3 aromatic rings. The first kappa shape index (κ1) is 23.5. The second-order valence-electron chi connectivity index (χ2n) is 7.29. The zero-order chi connectivity index (χ0) is 22.2. The molecule has 0 aliphatic rings. The smallest absolute Gasteiger partial charge is 0.267 e. The van der Waals surface area contributed by atoms with E-state index in [0.29, 0.717) is 26.5 Å². The summed E-state index contributed by atoms with van der Waals surface area (Å²) in [6.45, 7) is 4.37. The van der Waals surface area contributed by atoms with Crippen molar-refractivity contribution in [2.75, 3.05) is 19.5 Å². The molecular weight excluding hydrogens is 434 g/mol. The molecule has 168 valence electrons. The van der Waals surface area contributed by atoms with Crippen LogP contribution in [0.1, 0.15) is 71.5 Å². The number of aromatic nitrogens is 4. The summed E-state index contributed by atoms with van der Waals surface area (Å²) >= 11 is 2.74. The first-order valence-corrected chi connectivity index (χ1v) is 12.2. The molecule has 0 aliphatic heterocycles. The zero-order valence-electron chi connectivity index (χ0n) is 18.5. The number of aryl methyl sites for hydroxylation is 2. The van der Waals surface area contributed by atoms with E-state index in [4.69, 9.17) is 9.47 Å². The third kappa shape index (κ3) is 5.96. The Balaban J connectivity index is 1.67. The van der Waals surface area contributed by atoms with E-state index in [9.17, 15) is 4.79 Å². The van der Waals surface area contributed by atoms with Gasteiger partial charge in [0.1, 0.15) is 16.4 Å². The maximum atomic E-state index is 12.9. The first-order chi connectivity index (χ1) is 15.1. The van der Waals surface area contributed by atoms with Gasteiger partial charge in [-0.3, -0.25) is 10.1 Å². The highest BCUT2D eigenvalue weighted by atomic mass is 32.1. The number of rotatable bonds is 12. The summed E-state index contributed by atoms with van der Waals surface area (Å²) in [5.74, 6) is 0.739. The molecule has 0 unspecified atom stereocenters. The number of unbranched alkanes of at least 4 members (excludes halogenated alkanes) is 5. The Hall–Kier alpha value is -2.17. The van der Waals surface area contributed by atoms with Crippen molar-refractivity contribution in [2.24, 2.45) is 0 Å². The normalized spacial score (nSPS) is 11.2. The number of hydrogen-bond donors (Lipinski definition) is 1. The van der Waals surface area contributed by atoms with Crippen LogP contribution in [0.4, 0.5) is 5.13 Å². The molecule has 0 aromatic carbocycles. The molecule has 1 amide bonds. The van der Waals surface area contributed by atoms with Crippen molar-refractivity contribution in [3.8, 4) is 5.88 Å². The van der Waals surface area contributed by atoms with E-state index < -0.39 is 0 Å². The number of thiophene rings is 1. The molecule has 31 heavy (non-hydrogen) atoms. The van der Waals surface area contributed by atoms with Gasteiger partial charge in [-0.1, -0.05) is 50.4 Å². The average Bonchev–Trinajstić information content (AvgIpc) is 3.34. The zero-order valence-corrected chi connectivity index (χ0v) is 20.1. The third-order valence-electron chi connectivity index (χ3n) is 4.91. The molecular formula is C21H29N5O3S2. The molecule has 3 rings (SSSR count). The van der Waals surface area contributed by atoms with Crippen molar-refractivity contribution in [1.29, 1.82) is 0 Å². The van der Waals surface area contributed by atoms with E-state index in [-0.39, 0.29) is 12.5 Å². The number of anilines is 1. The standard InChI is InChI=1S/C21H29N5O3S2/c1-5-6-7-8-9-10-11-15-25-26-21(30-15)24-18(27)17-13(2)16-19(29-4)22-14(12-28-3)23-20(16)31-17/h5-12H2,1-4H3,(H,24,26,27). The first-order valence-electron chi connectivity index (χ1n) is 10.5.